The molecule has 2 aromatic carbocycles. The smallest absolute Gasteiger partial charge is 0.161 e. The molecule has 0 saturated carbocycles. The first-order valence-electron chi connectivity index (χ1n) is 9.81. The van der Waals surface area contributed by atoms with E-state index in [1.807, 2.05) is 53.9 Å². The fourth-order valence-corrected chi connectivity index (χ4v) is 4.54. The van der Waals surface area contributed by atoms with Crippen LogP contribution in [0.1, 0.15) is 29.6 Å². The number of methoxy groups -OCH3 is 2. The van der Waals surface area contributed by atoms with E-state index in [-0.39, 0.29) is 0 Å². The van der Waals surface area contributed by atoms with Crippen LogP contribution < -0.4 is 9.47 Å². The molecule has 1 unspecified atom stereocenters. The molecule has 2 heterocycles. The van der Waals surface area contributed by atoms with Gasteiger partial charge in [-0.25, -0.2) is 9.97 Å². The molecular weight excluding hydrogens is 396 g/mol. The quantitative estimate of drug-likeness (QED) is 0.372. The Bertz CT molecular complexity index is 1120. The summed E-state index contributed by atoms with van der Waals surface area (Å²) >= 11 is 1.58. The molecule has 0 fully saturated rings. The summed E-state index contributed by atoms with van der Waals surface area (Å²) in [6.45, 7) is 2.45. The van der Waals surface area contributed by atoms with Gasteiger partial charge in [-0.2, -0.15) is 0 Å². The summed E-state index contributed by atoms with van der Waals surface area (Å²) in [7, 11) is 3.36. The first-order chi connectivity index (χ1) is 14.7. The van der Waals surface area contributed by atoms with E-state index >= 15 is 0 Å². The third-order valence-electron chi connectivity index (χ3n) is 5.29. The lowest BCUT2D eigenvalue weighted by Gasteiger charge is -2.30. The van der Waals surface area contributed by atoms with Crippen molar-refractivity contribution in [3.05, 3.63) is 82.4 Å². The first-order valence-corrected chi connectivity index (χ1v) is 10.7. The summed E-state index contributed by atoms with van der Waals surface area (Å²) in [5.41, 5.74) is 2.19. The highest BCUT2D eigenvalue weighted by atomic mass is 32.1. The summed E-state index contributed by atoms with van der Waals surface area (Å²) in [6.07, 6.45) is 2.55. The number of benzene rings is 2. The molecule has 4 rings (SSSR count). The van der Waals surface area contributed by atoms with Crippen LogP contribution in [-0.4, -0.2) is 24.2 Å². The van der Waals surface area contributed by atoms with E-state index in [1.54, 1.807) is 31.8 Å². The van der Waals surface area contributed by atoms with E-state index in [0.717, 1.165) is 33.6 Å². The molecule has 0 radical (unpaired) electrons. The monoisotopic (exact) mass is 420 g/mol. The molecule has 0 spiro atoms. The molecule has 5 nitrogen and oxygen atoms in total. The number of pyridine rings is 1. The molecule has 6 heteroatoms. The molecule has 0 bridgehead atoms. The second kappa shape index (κ2) is 8.81. The topological polar surface area (TPSA) is 53.5 Å². The maximum absolute atomic E-state index is 6.05. The molecule has 0 aliphatic heterocycles. The minimum absolute atomic E-state index is 0.357. The third kappa shape index (κ3) is 3.76. The van der Waals surface area contributed by atoms with Crippen LogP contribution in [0.4, 0.5) is 0 Å². The van der Waals surface area contributed by atoms with Crippen molar-refractivity contribution in [1.82, 2.24) is 9.97 Å². The van der Waals surface area contributed by atoms with Crippen molar-refractivity contribution in [3.63, 3.8) is 0 Å². The zero-order chi connectivity index (χ0) is 21.0. The van der Waals surface area contributed by atoms with Crippen molar-refractivity contribution in [1.29, 1.82) is 0 Å². The maximum Gasteiger partial charge on any atom is 0.161 e. The minimum atomic E-state index is -0.611. The molecule has 0 saturated heterocycles. The second-order valence-electron chi connectivity index (χ2n) is 6.87. The highest BCUT2D eigenvalue weighted by Crippen LogP contribution is 2.41. The SMILES string of the molecule is CCC(OC)(c1ccc(OCc2ccc3ccccc3n2)c(OC)c1)c1nccs1. The van der Waals surface area contributed by atoms with Gasteiger partial charge in [0.1, 0.15) is 17.2 Å². The van der Waals surface area contributed by atoms with Gasteiger partial charge < -0.3 is 14.2 Å². The van der Waals surface area contributed by atoms with Crippen LogP contribution in [0.5, 0.6) is 11.5 Å². The molecule has 2 aromatic heterocycles. The van der Waals surface area contributed by atoms with Crippen LogP contribution in [0.25, 0.3) is 10.9 Å². The molecule has 1 atom stereocenters. The van der Waals surface area contributed by atoms with Crippen molar-refractivity contribution >= 4 is 22.2 Å². The lowest BCUT2D eigenvalue weighted by atomic mass is 9.91. The van der Waals surface area contributed by atoms with Gasteiger partial charge in [-0.1, -0.05) is 37.3 Å². The number of para-hydroxylation sites is 1. The Morgan fingerprint density at radius 2 is 1.87 bits per heavy atom. The zero-order valence-corrected chi connectivity index (χ0v) is 18.1. The van der Waals surface area contributed by atoms with E-state index in [4.69, 9.17) is 14.2 Å². The predicted octanol–water partition coefficient (Wildman–Crippen LogP) is 5.58. The molecule has 0 amide bonds. The predicted molar refractivity (Wildman–Crippen MR) is 119 cm³/mol. The number of hydrogen-bond donors (Lipinski definition) is 0. The summed E-state index contributed by atoms with van der Waals surface area (Å²) in [4.78, 5) is 9.17. The van der Waals surface area contributed by atoms with Crippen LogP contribution >= 0.6 is 11.3 Å². The highest BCUT2D eigenvalue weighted by molar-refractivity contribution is 7.09. The molecule has 0 aliphatic rings. The van der Waals surface area contributed by atoms with Crippen molar-refractivity contribution in [2.24, 2.45) is 0 Å². The Morgan fingerprint density at radius 1 is 1.00 bits per heavy atom. The largest absolute Gasteiger partial charge is 0.493 e. The Balaban J connectivity index is 1.60. The molecule has 30 heavy (non-hydrogen) atoms. The van der Waals surface area contributed by atoms with Gasteiger partial charge in [-0.05, 0) is 36.2 Å². The molecule has 4 aromatic rings. The highest BCUT2D eigenvalue weighted by Gasteiger charge is 2.35. The fourth-order valence-electron chi connectivity index (χ4n) is 3.63. The second-order valence-corrected chi connectivity index (χ2v) is 7.77. The molecular formula is C24H24N2O3S. The number of thiazole rings is 1. The summed E-state index contributed by atoms with van der Waals surface area (Å²) in [5.74, 6) is 1.32. The van der Waals surface area contributed by atoms with Crippen molar-refractivity contribution in [2.75, 3.05) is 14.2 Å². The van der Waals surface area contributed by atoms with Gasteiger partial charge in [0.05, 0.1) is 18.3 Å². The van der Waals surface area contributed by atoms with Gasteiger partial charge in [-0.15, -0.1) is 11.3 Å². The van der Waals surface area contributed by atoms with Crippen LogP contribution in [-0.2, 0) is 16.9 Å². The van der Waals surface area contributed by atoms with Crippen molar-refractivity contribution in [3.8, 4) is 11.5 Å². The fraction of sp³-hybridized carbons (Fsp3) is 0.250. The lowest BCUT2D eigenvalue weighted by molar-refractivity contribution is 0.0182. The van der Waals surface area contributed by atoms with Crippen molar-refractivity contribution < 1.29 is 14.2 Å². The summed E-state index contributed by atoms with van der Waals surface area (Å²) < 4.78 is 17.6. The number of hydrogen-bond acceptors (Lipinski definition) is 6. The summed E-state index contributed by atoms with van der Waals surface area (Å²) in [6, 6.07) is 18.0. The lowest BCUT2D eigenvalue weighted by Crippen LogP contribution is -2.29. The molecule has 0 aliphatic carbocycles. The van der Waals surface area contributed by atoms with Crippen molar-refractivity contribution in [2.45, 2.75) is 25.6 Å². The number of rotatable bonds is 8. The molecule has 0 N–H and O–H groups in total. The Morgan fingerprint density at radius 3 is 2.60 bits per heavy atom. The Hall–Kier alpha value is -2.96. The molecule has 154 valence electrons. The van der Waals surface area contributed by atoms with Crippen LogP contribution in [0.3, 0.4) is 0 Å². The van der Waals surface area contributed by atoms with Gasteiger partial charge in [0.15, 0.2) is 11.5 Å². The third-order valence-corrected chi connectivity index (χ3v) is 6.20. The van der Waals surface area contributed by atoms with Crippen LogP contribution in [0.15, 0.2) is 66.2 Å². The number of fused-ring (bicyclic) bond motifs is 1. The van der Waals surface area contributed by atoms with Crippen LogP contribution in [0, 0.1) is 0 Å². The Labute approximate surface area is 180 Å². The van der Waals surface area contributed by atoms with Gasteiger partial charge in [0, 0.05) is 24.1 Å². The summed E-state index contributed by atoms with van der Waals surface area (Å²) in [5, 5.41) is 3.99. The zero-order valence-electron chi connectivity index (χ0n) is 17.3. The Kier molecular flexibility index (Phi) is 5.97. The number of aromatic nitrogens is 2. The van der Waals surface area contributed by atoms with E-state index in [0.29, 0.717) is 18.1 Å². The first kappa shape index (κ1) is 20.3. The maximum atomic E-state index is 6.05. The van der Waals surface area contributed by atoms with E-state index in [1.165, 1.54) is 0 Å². The van der Waals surface area contributed by atoms with Crippen LogP contribution in [0.2, 0.25) is 0 Å². The normalized spacial score (nSPS) is 13.2. The van der Waals surface area contributed by atoms with E-state index in [2.05, 4.69) is 23.0 Å². The average Bonchev–Trinajstić information content (AvgIpc) is 3.34. The number of nitrogens with zero attached hydrogens (tertiary/aromatic N) is 2. The van der Waals surface area contributed by atoms with Gasteiger partial charge in [-0.3, -0.25) is 0 Å². The standard InChI is InChI=1S/C24H24N2O3S/c1-4-24(28-3,23-25-13-14-30-23)18-10-12-21(22(15-18)27-2)29-16-19-11-9-17-7-5-6-8-20(17)26-19/h5-15H,4,16H2,1-3H3. The average molecular weight is 421 g/mol. The van der Waals surface area contributed by atoms with E-state index in [9.17, 15) is 0 Å². The van der Waals surface area contributed by atoms with Gasteiger partial charge >= 0.3 is 0 Å². The minimum Gasteiger partial charge on any atom is -0.493 e. The van der Waals surface area contributed by atoms with Gasteiger partial charge in [0.2, 0.25) is 0 Å². The number of ether oxygens (including phenoxy) is 3. The van der Waals surface area contributed by atoms with Gasteiger partial charge in [0.25, 0.3) is 0 Å². The van der Waals surface area contributed by atoms with E-state index < -0.39 is 5.60 Å².